The van der Waals surface area contributed by atoms with E-state index in [1.807, 2.05) is 0 Å². The monoisotopic (exact) mass is 394 g/mol. The highest BCUT2D eigenvalue weighted by Gasteiger charge is 2.32. The molecule has 1 rings (SSSR count). The summed E-state index contributed by atoms with van der Waals surface area (Å²) in [4.78, 5) is 10.7. The topological polar surface area (TPSA) is 37.3 Å². The van der Waals surface area contributed by atoms with Gasteiger partial charge in [-0.1, -0.05) is 0 Å². The minimum atomic E-state index is -4.54. The number of alkyl halides is 3. The molecule has 2 nitrogen and oxygen atoms in total. The third-order valence-corrected chi connectivity index (χ3v) is 4.11. The van der Waals surface area contributed by atoms with Gasteiger partial charge in [0.1, 0.15) is 0 Å². The number of carboxylic acids is 1. The number of halogens is 5. The first kappa shape index (κ1) is 12.8. The van der Waals surface area contributed by atoms with E-state index in [2.05, 4.69) is 15.9 Å². The van der Waals surface area contributed by atoms with Crippen molar-refractivity contribution in [2.24, 2.45) is 0 Å². The first-order valence-corrected chi connectivity index (χ1v) is 5.40. The molecule has 0 unspecified atom stereocenters. The van der Waals surface area contributed by atoms with E-state index in [-0.39, 0.29) is 13.6 Å². The van der Waals surface area contributed by atoms with Crippen molar-refractivity contribution in [1.82, 2.24) is 0 Å². The third kappa shape index (κ3) is 2.83. The second-order valence-corrected chi connectivity index (χ2v) is 4.56. The number of hydrogen-bond donors (Lipinski definition) is 1. The molecule has 0 saturated heterocycles. The molecule has 0 saturated carbocycles. The molecule has 0 spiro atoms. The van der Waals surface area contributed by atoms with Crippen LogP contribution in [0.2, 0.25) is 0 Å². The highest BCUT2D eigenvalue weighted by molar-refractivity contribution is 14.1. The maximum Gasteiger partial charge on any atom is 0.416 e. The lowest BCUT2D eigenvalue weighted by Gasteiger charge is -2.10. The molecule has 82 valence electrons. The lowest BCUT2D eigenvalue weighted by molar-refractivity contribution is -0.137. The minimum Gasteiger partial charge on any atom is -0.478 e. The fourth-order valence-electron chi connectivity index (χ4n) is 0.908. The van der Waals surface area contributed by atoms with Crippen LogP contribution >= 0.6 is 38.5 Å². The summed E-state index contributed by atoms with van der Waals surface area (Å²) in [5, 5.41) is 8.69. The van der Waals surface area contributed by atoms with Crippen molar-refractivity contribution in [3.05, 3.63) is 31.3 Å². The van der Waals surface area contributed by atoms with Gasteiger partial charge in [0, 0.05) is 8.04 Å². The molecule has 0 atom stereocenters. The Kier molecular flexibility index (Phi) is 3.64. The molecule has 1 aromatic rings. The van der Waals surface area contributed by atoms with Crippen LogP contribution in [0.3, 0.4) is 0 Å². The Hall–Kier alpha value is -0.310. The van der Waals surface area contributed by atoms with Crippen LogP contribution in [0.25, 0.3) is 0 Å². The van der Waals surface area contributed by atoms with Crippen LogP contribution in [0.15, 0.2) is 16.6 Å². The molecule has 1 N–H and O–H groups in total. The average Bonchev–Trinajstić information content (AvgIpc) is 2.06. The van der Waals surface area contributed by atoms with Gasteiger partial charge in [-0.15, -0.1) is 0 Å². The zero-order valence-electron chi connectivity index (χ0n) is 6.90. The smallest absolute Gasteiger partial charge is 0.416 e. The van der Waals surface area contributed by atoms with Gasteiger partial charge >= 0.3 is 12.1 Å². The molecule has 0 aliphatic rings. The Morgan fingerprint density at radius 3 is 2.33 bits per heavy atom. The molecular weight excluding hydrogens is 392 g/mol. The Balaban J connectivity index is 3.43. The van der Waals surface area contributed by atoms with Crippen LogP contribution < -0.4 is 0 Å². The van der Waals surface area contributed by atoms with Crippen LogP contribution in [-0.2, 0) is 6.18 Å². The van der Waals surface area contributed by atoms with Gasteiger partial charge in [0.05, 0.1) is 11.1 Å². The molecule has 0 heterocycles. The first-order valence-electron chi connectivity index (χ1n) is 3.53. The summed E-state index contributed by atoms with van der Waals surface area (Å²) in [5.74, 6) is -1.38. The number of carbonyl (C=O) groups is 1. The van der Waals surface area contributed by atoms with E-state index in [9.17, 15) is 18.0 Å². The fourth-order valence-corrected chi connectivity index (χ4v) is 1.91. The Bertz CT molecular complexity index is 417. The zero-order chi connectivity index (χ0) is 11.8. The minimum absolute atomic E-state index is 0.121. The van der Waals surface area contributed by atoms with E-state index in [0.29, 0.717) is 6.07 Å². The van der Waals surface area contributed by atoms with Gasteiger partial charge in [0.2, 0.25) is 0 Å². The zero-order valence-corrected chi connectivity index (χ0v) is 10.6. The lowest BCUT2D eigenvalue weighted by Crippen LogP contribution is -2.09. The van der Waals surface area contributed by atoms with Crippen LogP contribution in [0.5, 0.6) is 0 Å². The molecule has 0 aliphatic heterocycles. The van der Waals surface area contributed by atoms with Crippen molar-refractivity contribution in [3.8, 4) is 0 Å². The summed E-state index contributed by atoms with van der Waals surface area (Å²) in [6, 6.07) is 1.48. The number of benzene rings is 1. The number of aromatic carboxylic acids is 1. The maximum atomic E-state index is 12.3. The molecule has 0 aromatic heterocycles. The van der Waals surface area contributed by atoms with Crippen LogP contribution in [0.1, 0.15) is 15.9 Å². The standard InChI is InChI=1S/C8H3BrF3IO2/c9-5-2-3(8(10,11)12)1-4(6(5)13)7(14)15/h1-2H,(H,14,15). The normalized spacial score (nSPS) is 11.5. The number of carboxylic acid groups (broad SMARTS) is 1. The Morgan fingerprint density at radius 1 is 1.40 bits per heavy atom. The molecule has 0 radical (unpaired) electrons. The Labute approximate surface area is 105 Å². The van der Waals surface area contributed by atoms with Crippen molar-refractivity contribution >= 4 is 44.5 Å². The summed E-state index contributed by atoms with van der Waals surface area (Å²) >= 11 is 4.56. The fraction of sp³-hybridized carbons (Fsp3) is 0.125. The van der Waals surface area contributed by atoms with Gasteiger partial charge in [0.25, 0.3) is 0 Å². The van der Waals surface area contributed by atoms with Crippen molar-refractivity contribution in [1.29, 1.82) is 0 Å². The number of hydrogen-bond acceptors (Lipinski definition) is 1. The summed E-state index contributed by atoms with van der Waals surface area (Å²) in [6.45, 7) is 0. The molecule has 0 fully saturated rings. The Morgan fingerprint density at radius 2 is 1.93 bits per heavy atom. The molecular formula is C8H3BrF3IO2. The van der Waals surface area contributed by atoms with E-state index < -0.39 is 17.7 Å². The molecule has 7 heteroatoms. The molecule has 0 aliphatic carbocycles. The van der Waals surface area contributed by atoms with E-state index in [1.165, 1.54) is 0 Å². The van der Waals surface area contributed by atoms with E-state index in [1.54, 1.807) is 22.6 Å². The highest BCUT2D eigenvalue weighted by Crippen LogP contribution is 2.34. The van der Waals surface area contributed by atoms with E-state index in [0.717, 1.165) is 6.07 Å². The SMILES string of the molecule is O=C(O)c1cc(C(F)(F)F)cc(Br)c1I. The first-order chi connectivity index (χ1) is 6.73. The van der Waals surface area contributed by atoms with Gasteiger partial charge in [-0.05, 0) is 50.7 Å². The quantitative estimate of drug-likeness (QED) is 0.736. The molecule has 0 bridgehead atoms. The average molecular weight is 395 g/mol. The predicted molar refractivity (Wildman–Crippen MR) is 58.8 cm³/mol. The van der Waals surface area contributed by atoms with Crippen LogP contribution in [0.4, 0.5) is 13.2 Å². The van der Waals surface area contributed by atoms with Crippen LogP contribution in [0, 0.1) is 3.57 Å². The number of rotatable bonds is 1. The van der Waals surface area contributed by atoms with Crippen LogP contribution in [-0.4, -0.2) is 11.1 Å². The van der Waals surface area contributed by atoms with E-state index in [4.69, 9.17) is 5.11 Å². The second kappa shape index (κ2) is 4.28. The summed E-state index contributed by atoms with van der Waals surface area (Å²) in [7, 11) is 0. The van der Waals surface area contributed by atoms with Crippen molar-refractivity contribution in [2.75, 3.05) is 0 Å². The van der Waals surface area contributed by atoms with E-state index >= 15 is 0 Å². The van der Waals surface area contributed by atoms with Gasteiger partial charge in [0.15, 0.2) is 0 Å². The predicted octanol–water partition coefficient (Wildman–Crippen LogP) is 3.77. The maximum absolute atomic E-state index is 12.3. The van der Waals surface area contributed by atoms with Gasteiger partial charge in [-0.25, -0.2) is 4.79 Å². The largest absolute Gasteiger partial charge is 0.478 e. The van der Waals surface area contributed by atoms with Crippen molar-refractivity contribution < 1.29 is 23.1 Å². The highest BCUT2D eigenvalue weighted by atomic mass is 127. The van der Waals surface area contributed by atoms with Crippen molar-refractivity contribution in [2.45, 2.75) is 6.18 Å². The summed E-state index contributed by atoms with van der Waals surface area (Å²) in [5.41, 5.74) is -1.34. The molecule has 1 aromatic carbocycles. The molecule has 15 heavy (non-hydrogen) atoms. The van der Waals surface area contributed by atoms with Gasteiger partial charge < -0.3 is 5.11 Å². The summed E-state index contributed by atoms with van der Waals surface area (Å²) in [6.07, 6.45) is -4.54. The second-order valence-electron chi connectivity index (χ2n) is 2.62. The molecule has 0 amide bonds. The lowest BCUT2D eigenvalue weighted by atomic mass is 10.1. The summed E-state index contributed by atoms with van der Waals surface area (Å²) < 4.78 is 37.3. The van der Waals surface area contributed by atoms with Gasteiger partial charge in [-0.3, -0.25) is 0 Å². The van der Waals surface area contributed by atoms with Gasteiger partial charge in [-0.2, -0.15) is 13.2 Å². The third-order valence-electron chi connectivity index (χ3n) is 1.59. The van der Waals surface area contributed by atoms with Crippen molar-refractivity contribution in [3.63, 3.8) is 0 Å².